The highest BCUT2D eigenvalue weighted by atomic mass is 32.1. The molecule has 46 heavy (non-hydrogen) atoms. The van der Waals surface area contributed by atoms with Crippen molar-refractivity contribution in [1.29, 1.82) is 0 Å². The van der Waals surface area contributed by atoms with Crippen LogP contribution < -0.4 is 0 Å². The minimum atomic E-state index is 1.13. The Balaban J connectivity index is 1.41. The average molecular weight is 673 g/mol. The lowest BCUT2D eigenvalue weighted by atomic mass is 10.0. The Hall–Kier alpha value is -3.66. The quantitative estimate of drug-likeness (QED) is 0.0871. The molecule has 232 valence electrons. The van der Waals surface area contributed by atoms with Gasteiger partial charge >= 0.3 is 0 Å². The minimum absolute atomic E-state index is 1.13. The molecule has 0 aliphatic carbocycles. The van der Waals surface area contributed by atoms with E-state index < -0.39 is 0 Å². The SMILES string of the molecule is C=C=C=C=C=C=C=C=C=C=C=Cc1cc(C)sc1-c1ccc(-c2ccc(-c3sc(C)cc3CCCCCCCCCCCC)s2)s1. The Morgan fingerprint density at radius 1 is 0.565 bits per heavy atom. The van der Waals surface area contributed by atoms with Crippen LogP contribution in [0.3, 0.4) is 0 Å². The van der Waals surface area contributed by atoms with Crippen molar-refractivity contribution in [3.8, 4) is 29.3 Å². The van der Waals surface area contributed by atoms with Crippen molar-refractivity contribution >= 4 is 51.4 Å². The van der Waals surface area contributed by atoms with E-state index in [0.717, 1.165) is 5.56 Å². The van der Waals surface area contributed by atoms with Crippen molar-refractivity contribution in [2.45, 2.75) is 91.4 Å². The van der Waals surface area contributed by atoms with Crippen molar-refractivity contribution in [1.82, 2.24) is 0 Å². The molecule has 0 N–H and O–H groups in total. The van der Waals surface area contributed by atoms with Gasteiger partial charge < -0.3 is 0 Å². The van der Waals surface area contributed by atoms with Crippen LogP contribution in [0, 0.1) is 13.8 Å². The molecule has 0 aliphatic rings. The molecular weight excluding hydrogens is 633 g/mol. The molecule has 4 aromatic rings. The summed E-state index contributed by atoms with van der Waals surface area (Å²) in [5.41, 5.74) is 29.5. The Labute approximate surface area is 291 Å². The van der Waals surface area contributed by atoms with Crippen LogP contribution in [-0.4, -0.2) is 0 Å². The summed E-state index contributed by atoms with van der Waals surface area (Å²) < 4.78 is 0. The van der Waals surface area contributed by atoms with Crippen LogP contribution in [0.15, 0.2) is 100 Å². The smallest absolute Gasteiger partial charge is 0.0524 e. The highest BCUT2D eigenvalue weighted by molar-refractivity contribution is 7.28. The molecular formula is C42H40S4. The summed E-state index contributed by atoms with van der Waals surface area (Å²) in [6.45, 7) is 10.1. The molecule has 0 aromatic carbocycles. The second-order valence-corrected chi connectivity index (χ2v) is 15.8. The van der Waals surface area contributed by atoms with E-state index >= 15 is 0 Å². The summed E-state index contributed by atoms with van der Waals surface area (Å²) in [6.07, 6.45) is 16.9. The molecule has 0 atom stereocenters. The van der Waals surface area contributed by atoms with Gasteiger partial charge in [-0.2, -0.15) is 0 Å². The summed E-state index contributed by atoms with van der Waals surface area (Å²) >= 11 is 7.54. The molecule has 0 nitrogen and oxygen atoms in total. The second-order valence-electron chi connectivity index (χ2n) is 11.1. The molecule has 0 spiro atoms. The van der Waals surface area contributed by atoms with Crippen LogP contribution in [0.5, 0.6) is 0 Å². The van der Waals surface area contributed by atoms with Crippen molar-refractivity contribution in [3.05, 3.63) is 121 Å². The van der Waals surface area contributed by atoms with E-state index in [2.05, 4.69) is 121 Å². The van der Waals surface area contributed by atoms with Gasteiger partial charge in [0.25, 0.3) is 0 Å². The third kappa shape index (κ3) is 11.3. The lowest BCUT2D eigenvalue weighted by Crippen LogP contribution is -1.86. The van der Waals surface area contributed by atoms with Crippen LogP contribution in [0.1, 0.15) is 92.0 Å². The molecule has 4 heterocycles. The number of thiophene rings is 4. The fourth-order valence-electron chi connectivity index (χ4n) is 5.16. The molecule has 4 aromatic heterocycles. The molecule has 0 aliphatic heterocycles. The first-order valence-electron chi connectivity index (χ1n) is 16.1. The second kappa shape index (κ2) is 19.8. The summed E-state index contributed by atoms with van der Waals surface area (Å²) in [4.78, 5) is 10.7. The number of aryl methyl sites for hydroxylation is 3. The maximum Gasteiger partial charge on any atom is 0.0524 e. The third-order valence-electron chi connectivity index (χ3n) is 7.34. The van der Waals surface area contributed by atoms with E-state index in [4.69, 9.17) is 0 Å². The average Bonchev–Trinajstić information content (AvgIpc) is 3.85. The summed E-state index contributed by atoms with van der Waals surface area (Å²) in [5.74, 6) is 0. The summed E-state index contributed by atoms with van der Waals surface area (Å²) in [5, 5.41) is 0. The summed E-state index contributed by atoms with van der Waals surface area (Å²) in [7, 11) is 0. The predicted molar refractivity (Wildman–Crippen MR) is 205 cm³/mol. The largest absolute Gasteiger partial charge is 0.139 e. The fraction of sp³-hybridized carbons (Fsp3) is 0.333. The first kappa shape index (κ1) is 35.2. The van der Waals surface area contributed by atoms with Crippen LogP contribution in [0.2, 0.25) is 0 Å². The molecule has 0 amide bonds. The molecule has 4 heteroatoms. The zero-order valence-electron chi connectivity index (χ0n) is 27.2. The van der Waals surface area contributed by atoms with Crippen LogP contribution in [-0.2, 0) is 6.42 Å². The Kier molecular flexibility index (Phi) is 15.1. The topological polar surface area (TPSA) is 0 Å². The van der Waals surface area contributed by atoms with Gasteiger partial charge in [0.15, 0.2) is 0 Å². The van der Waals surface area contributed by atoms with Crippen LogP contribution in [0.25, 0.3) is 35.3 Å². The summed E-state index contributed by atoms with van der Waals surface area (Å²) in [6, 6.07) is 13.8. The van der Waals surface area contributed by atoms with E-state index in [9.17, 15) is 0 Å². The lowest BCUT2D eigenvalue weighted by Gasteiger charge is -2.04. The van der Waals surface area contributed by atoms with Gasteiger partial charge in [-0.3, -0.25) is 0 Å². The Morgan fingerprint density at radius 3 is 1.70 bits per heavy atom. The molecule has 0 radical (unpaired) electrons. The Bertz CT molecular complexity index is 1990. The predicted octanol–water partition coefficient (Wildman–Crippen LogP) is 14.2. The molecule has 4 rings (SSSR count). The van der Waals surface area contributed by atoms with Gasteiger partial charge in [0.1, 0.15) is 0 Å². The minimum Gasteiger partial charge on any atom is -0.139 e. The van der Waals surface area contributed by atoms with E-state index in [0.29, 0.717) is 0 Å². The van der Waals surface area contributed by atoms with Crippen molar-refractivity contribution in [2.75, 3.05) is 0 Å². The number of unbranched alkanes of at least 4 members (excludes halogenated alkanes) is 9. The zero-order chi connectivity index (χ0) is 32.4. The number of hydrogen-bond acceptors (Lipinski definition) is 4. The Morgan fingerprint density at radius 2 is 1.07 bits per heavy atom. The van der Waals surface area contributed by atoms with Crippen molar-refractivity contribution < 1.29 is 0 Å². The first-order valence-corrected chi connectivity index (χ1v) is 19.4. The van der Waals surface area contributed by atoms with E-state index in [1.807, 2.05) is 51.4 Å². The molecule has 0 fully saturated rings. The van der Waals surface area contributed by atoms with Gasteiger partial charge in [-0.1, -0.05) is 76.2 Å². The maximum absolute atomic E-state index is 3.40. The third-order valence-corrected chi connectivity index (χ3v) is 12.2. The highest BCUT2D eigenvalue weighted by Gasteiger charge is 2.15. The molecule has 0 unspecified atom stereocenters. The van der Waals surface area contributed by atoms with Crippen LogP contribution in [0.4, 0.5) is 0 Å². The first-order chi connectivity index (χ1) is 22.6. The lowest BCUT2D eigenvalue weighted by molar-refractivity contribution is 0.556. The number of hydrogen-bond donors (Lipinski definition) is 0. The molecule has 0 saturated carbocycles. The molecule has 0 bridgehead atoms. The van der Waals surface area contributed by atoms with Gasteiger partial charge in [0.2, 0.25) is 0 Å². The monoisotopic (exact) mass is 672 g/mol. The van der Waals surface area contributed by atoms with Gasteiger partial charge in [-0.15, -0.1) is 45.3 Å². The van der Waals surface area contributed by atoms with E-state index in [1.54, 1.807) is 0 Å². The zero-order valence-corrected chi connectivity index (χ0v) is 30.4. The highest BCUT2D eigenvalue weighted by Crippen LogP contribution is 2.45. The van der Waals surface area contributed by atoms with Crippen molar-refractivity contribution in [2.24, 2.45) is 0 Å². The van der Waals surface area contributed by atoms with Gasteiger partial charge in [0.05, 0.1) is 4.88 Å². The fourth-order valence-corrected chi connectivity index (χ4v) is 9.60. The van der Waals surface area contributed by atoms with Gasteiger partial charge in [-0.25, -0.2) is 0 Å². The normalized spacial score (nSPS) is 9.80. The van der Waals surface area contributed by atoms with Crippen molar-refractivity contribution in [3.63, 3.8) is 0 Å². The maximum atomic E-state index is 3.40. The van der Waals surface area contributed by atoms with E-state index in [1.165, 1.54) is 115 Å². The standard InChI is InChI=1S/C42H40S4/c1-5-7-9-11-13-15-17-19-21-23-25-35-31-33(3)43-41(35)39-29-27-37(45-39)38-28-30-40(46-38)42-36(32-34(4)44-42)26-24-22-20-18-16-14-12-10-8-6-2/h25,27-32H,1,6,8,10,12,14,16,18,20,22,24,26H2,2-4H3. The number of rotatable bonds is 15. The van der Waals surface area contributed by atoms with E-state index in [-0.39, 0.29) is 0 Å². The van der Waals surface area contributed by atoms with Gasteiger partial charge in [0, 0.05) is 39.7 Å². The molecule has 0 saturated heterocycles. The van der Waals surface area contributed by atoms with Crippen LogP contribution >= 0.6 is 45.3 Å². The van der Waals surface area contributed by atoms with Gasteiger partial charge in [-0.05, 0) is 127 Å².